The molecule has 0 radical (unpaired) electrons. The maximum absolute atomic E-state index is 15.1. The highest BCUT2D eigenvalue weighted by Gasteiger charge is 2.63. The molecule has 0 saturated carbocycles. The molecule has 190 valence electrons. The number of halogens is 2. The minimum Gasteiger partial charge on any atom is -0.497 e. The van der Waals surface area contributed by atoms with Gasteiger partial charge in [-0.25, -0.2) is 14.0 Å². The van der Waals surface area contributed by atoms with Crippen LogP contribution in [0.5, 0.6) is 5.75 Å². The van der Waals surface area contributed by atoms with Gasteiger partial charge in [-0.1, -0.05) is 12.1 Å². The van der Waals surface area contributed by atoms with Crippen LogP contribution in [0.25, 0.3) is 0 Å². The van der Waals surface area contributed by atoms with Crippen LogP contribution in [0.4, 0.5) is 13.6 Å². The number of nitrogens with one attached hydrogen (secondary N) is 3. The number of aliphatic hydroxyl groups excluding tert-OH is 3. The summed E-state index contributed by atoms with van der Waals surface area (Å²) in [6.07, 6.45) is -9.22. The highest BCUT2D eigenvalue weighted by Crippen LogP contribution is 2.36. The Labute approximate surface area is 192 Å². The lowest BCUT2D eigenvalue weighted by molar-refractivity contribution is -0.277. The van der Waals surface area contributed by atoms with Gasteiger partial charge in [-0.3, -0.25) is 4.79 Å². The van der Waals surface area contributed by atoms with E-state index in [-0.39, 0.29) is 6.54 Å². The number of aliphatic hydroxyl groups is 3. The number of hydrogen-bond acceptors (Lipinski definition) is 8. The van der Waals surface area contributed by atoms with E-state index >= 15 is 8.78 Å². The van der Waals surface area contributed by atoms with Gasteiger partial charge in [-0.2, -0.15) is 4.39 Å². The average molecular weight is 491 g/mol. The summed E-state index contributed by atoms with van der Waals surface area (Å²) in [5.74, 6) is -6.70. The van der Waals surface area contributed by atoms with E-state index in [9.17, 15) is 29.7 Å². The number of methoxy groups -OCH3 is 1. The number of benzene rings is 1. The molecule has 12 nitrogen and oxygen atoms in total. The summed E-state index contributed by atoms with van der Waals surface area (Å²) in [4.78, 5) is 35.6. The second-order valence-electron chi connectivity index (χ2n) is 7.60. The molecule has 1 aromatic carbocycles. The minimum atomic E-state index is -4.05. The van der Waals surface area contributed by atoms with Crippen LogP contribution in [-0.4, -0.2) is 94.5 Å². The van der Waals surface area contributed by atoms with Crippen molar-refractivity contribution in [1.82, 2.24) is 16.0 Å². The van der Waals surface area contributed by atoms with Crippen molar-refractivity contribution in [2.75, 3.05) is 13.7 Å². The third-order valence-electron chi connectivity index (χ3n) is 5.21. The molecule has 14 heteroatoms. The van der Waals surface area contributed by atoms with Crippen molar-refractivity contribution >= 4 is 17.9 Å². The second kappa shape index (κ2) is 11.4. The molecule has 1 heterocycles. The summed E-state index contributed by atoms with van der Waals surface area (Å²) in [7, 11) is 1.47. The first-order valence-corrected chi connectivity index (χ1v) is 10.1. The molecule has 3 amide bonds. The summed E-state index contributed by atoms with van der Waals surface area (Å²) >= 11 is 0. The molecule has 1 aliphatic heterocycles. The monoisotopic (exact) mass is 491 g/mol. The van der Waals surface area contributed by atoms with E-state index in [1.165, 1.54) is 7.11 Å². The summed E-state index contributed by atoms with van der Waals surface area (Å²) in [6.45, 7) is -0.107. The van der Waals surface area contributed by atoms with Gasteiger partial charge in [0.25, 0.3) is 0 Å². The number of ether oxygens (including phenoxy) is 2. The zero-order valence-corrected chi connectivity index (χ0v) is 18.3. The Morgan fingerprint density at radius 2 is 1.79 bits per heavy atom. The van der Waals surface area contributed by atoms with Gasteiger partial charge in [0, 0.05) is 13.5 Å². The Hall–Kier alpha value is -3.07. The van der Waals surface area contributed by atoms with Crippen LogP contribution in [0.2, 0.25) is 0 Å². The van der Waals surface area contributed by atoms with Gasteiger partial charge in [-0.05, 0) is 17.7 Å². The Bertz CT molecular complexity index is 875. The smallest absolute Gasteiger partial charge is 0.372 e. The van der Waals surface area contributed by atoms with Gasteiger partial charge < -0.3 is 45.9 Å². The fraction of sp³-hybridized carbons (Fsp3) is 0.550. The molecular formula is C20H27F2N3O9. The van der Waals surface area contributed by atoms with Gasteiger partial charge in [0.05, 0.1) is 25.8 Å². The highest BCUT2D eigenvalue weighted by molar-refractivity contribution is 5.79. The second-order valence-corrected chi connectivity index (χ2v) is 7.60. The Kier molecular flexibility index (Phi) is 9.09. The number of carboxylic acid groups (broad SMARTS) is 1. The van der Waals surface area contributed by atoms with Crippen LogP contribution < -0.4 is 20.7 Å². The van der Waals surface area contributed by atoms with Crippen LogP contribution in [0.1, 0.15) is 12.5 Å². The molecule has 1 aliphatic rings. The minimum absolute atomic E-state index is 0.0597. The maximum atomic E-state index is 15.1. The summed E-state index contributed by atoms with van der Waals surface area (Å²) < 4.78 is 39.8. The molecule has 0 spiro atoms. The largest absolute Gasteiger partial charge is 0.497 e. The lowest BCUT2D eigenvalue weighted by Gasteiger charge is -2.47. The zero-order valence-electron chi connectivity index (χ0n) is 18.3. The molecule has 1 saturated heterocycles. The Morgan fingerprint density at radius 1 is 1.18 bits per heavy atom. The third kappa shape index (κ3) is 6.08. The number of aliphatic carboxylic acids is 1. The number of carboxylic acids is 1. The quantitative estimate of drug-likeness (QED) is 0.217. The molecular weight excluding hydrogens is 464 g/mol. The van der Waals surface area contributed by atoms with Crippen molar-refractivity contribution in [3.8, 4) is 5.75 Å². The van der Waals surface area contributed by atoms with Crippen molar-refractivity contribution in [2.24, 2.45) is 0 Å². The number of urea groups is 1. The van der Waals surface area contributed by atoms with Gasteiger partial charge in [0.15, 0.2) is 6.17 Å². The molecule has 2 unspecified atom stereocenters. The number of carbonyl (C=O) groups excluding carboxylic acids is 2. The standard InChI is InChI=1S/C20H27F2N3O9/c1-9(27)24-13-14(25-19(32)23-7-10-3-5-11(33-2)6-4-10)17(21)20(22,18(30)31)34-16(13)15(29)12(28)8-26/h3-6,12-17,26,28-29H,7-8H2,1-2H3,(H,24,27)(H,30,31)(H2,23,25,32)/t12-,13-,14-,15-,16-,17?,20?/m1/s1. The topological polar surface area (TPSA) is 187 Å². The van der Waals surface area contributed by atoms with Crippen LogP contribution in [0.15, 0.2) is 24.3 Å². The number of amides is 3. The van der Waals surface area contributed by atoms with Crippen molar-refractivity contribution in [3.63, 3.8) is 0 Å². The van der Waals surface area contributed by atoms with E-state index < -0.39 is 66.9 Å². The van der Waals surface area contributed by atoms with Crippen LogP contribution in [0.3, 0.4) is 0 Å². The molecule has 2 rings (SSSR count). The van der Waals surface area contributed by atoms with Gasteiger partial charge in [-0.15, -0.1) is 0 Å². The Balaban J connectivity index is 2.29. The maximum Gasteiger partial charge on any atom is 0.372 e. The predicted molar refractivity (Wildman–Crippen MR) is 110 cm³/mol. The Morgan fingerprint density at radius 3 is 2.29 bits per heavy atom. The molecule has 7 N–H and O–H groups in total. The van der Waals surface area contributed by atoms with E-state index in [0.717, 1.165) is 6.92 Å². The van der Waals surface area contributed by atoms with E-state index in [1.54, 1.807) is 24.3 Å². The van der Waals surface area contributed by atoms with Crippen molar-refractivity contribution < 1.29 is 53.1 Å². The first-order valence-electron chi connectivity index (χ1n) is 10.1. The number of alkyl halides is 2. The third-order valence-corrected chi connectivity index (χ3v) is 5.21. The molecule has 34 heavy (non-hydrogen) atoms. The van der Waals surface area contributed by atoms with Gasteiger partial charge in [0.1, 0.15) is 24.1 Å². The van der Waals surface area contributed by atoms with E-state index in [0.29, 0.717) is 11.3 Å². The number of hydrogen-bond donors (Lipinski definition) is 7. The van der Waals surface area contributed by atoms with Crippen molar-refractivity contribution in [1.29, 1.82) is 0 Å². The fourth-order valence-corrected chi connectivity index (χ4v) is 3.43. The van der Waals surface area contributed by atoms with Gasteiger partial charge in [0.2, 0.25) is 5.91 Å². The fourth-order valence-electron chi connectivity index (χ4n) is 3.43. The lowest BCUT2D eigenvalue weighted by atomic mass is 9.86. The van der Waals surface area contributed by atoms with E-state index in [2.05, 4.69) is 20.7 Å². The number of rotatable bonds is 9. The SMILES string of the molecule is COc1ccc(CNC(=O)N[C@H]2C(F)C(F)(C(=O)O)O[C@@H]([C@H](O)[C@H](O)CO)[C@@H]2NC(C)=O)cc1. The first-order chi connectivity index (χ1) is 15.9. The molecule has 7 atom stereocenters. The molecule has 1 aromatic rings. The van der Waals surface area contributed by atoms with Crippen molar-refractivity contribution in [2.45, 2.75) is 55.9 Å². The normalized spacial score (nSPS) is 28.3. The van der Waals surface area contributed by atoms with Gasteiger partial charge >= 0.3 is 17.9 Å². The van der Waals surface area contributed by atoms with E-state index in [1.807, 2.05) is 0 Å². The average Bonchev–Trinajstić information content (AvgIpc) is 2.81. The highest BCUT2D eigenvalue weighted by atomic mass is 19.2. The van der Waals surface area contributed by atoms with E-state index in [4.69, 9.17) is 9.84 Å². The molecule has 0 bridgehead atoms. The van der Waals surface area contributed by atoms with Crippen LogP contribution in [-0.2, 0) is 20.9 Å². The van der Waals surface area contributed by atoms with Crippen LogP contribution in [0, 0.1) is 0 Å². The molecule has 0 aliphatic carbocycles. The summed E-state index contributed by atoms with van der Waals surface area (Å²) in [6, 6.07) is 1.68. The zero-order chi connectivity index (χ0) is 25.6. The van der Waals surface area contributed by atoms with Crippen molar-refractivity contribution in [3.05, 3.63) is 29.8 Å². The lowest BCUT2D eigenvalue weighted by Crippen LogP contribution is -2.75. The molecule has 0 aromatic heterocycles. The number of carbonyl (C=O) groups is 3. The van der Waals surface area contributed by atoms with Crippen LogP contribution >= 0.6 is 0 Å². The summed E-state index contributed by atoms with van der Waals surface area (Å²) in [5.41, 5.74) is 0.614. The first kappa shape index (κ1) is 27.2. The molecule has 1 fully saturated rings. The predicted octanol–water partition coefficient (Wildman–Crippen LogP) is -1.43. The summed E-state index contributed by atoms with van der Waals surface area (Å²) in [5, 5.41) is 44.9.